The van der Waals surface area contributed by atoms with Gasteiger partial charge in [0.05, 0.1) is 0 Å². The largest absolute Gasteiger partial charge is 0.313 e. The van der Waals surface area contributed by atoms with E-state index >= 15 is 0 Å². The summed E-state index contributed by atoms with van der Waals surface area (Å²) in [6.07, 6.45) is 4.28. The first kappa shape index (κ1) is 6.66. The first-order valence-corrected chi connectivity index (χ1v) is 4.41. The highest BCUT2D eigenvalue weighted by Gasteiger charge is 2.40. The molecule has 1 heteroatoms. The topological polar surface area (TPSA) is 12.0 Å². The maximum Gasteiger partial charge on any atom is 0.00754 e. The van der Waals surface area contributed by atoms with Crippen LogP contribution in [0, 0.1) is 11.3 Å². The summed E-state index contributed by atoms with van der Waals surface area (Å²) in [5.74, 6) is 0.957. The van der Waals surface area contributed by atoms with Gasteiger partial charge in [0, 0.05) is 12.6 Å². The Morgan fingerprint density at radius 1 is 1.40 bits per heavy atom. The molecule has 3 atom stereocenters. The van der Waals surface area contributed by atoms with Crippen molar-refractivity contribution in [1.82, 2.24) is 5.32 Å². The van der Waals surface area contributed by atoms with Crippen LogP contribution < -0.4 is 5.32 Å². The van der Waals surface area contributed by atoms with Crippen LogP contribution in [-0.4, -0.2) is 12.6 Å². The van der Waals surface area contributed by atoms with Crippen LogP contribution >= 0.6 is 0 Å². The number of fused-ring (bicyclic) bond motifs is 2. The Morgan fingerprint density at radius 3 is 2.90 bits per heavy atom. The van der Waals surface area contributed by atoms with E-state index in [2.05, 4.69) is 19.2 Å². The van der Waals surface area contributed by atoms with Gasteiger partial charge >= 0.3 is 0 Å². The monoisotopic (exact) mass is 139 g/mol. The van der Waals surface area contributed by atoms with E-state index in [0.29, 0.717) is 5.41 Å². The van der Waals surface area contributed by atoms with Gasteiger partial charge < -0.3 is 5.32 Å². The van der Waals surface area contributed by atoms with Crippen molar-refractivity contribution in [3.63, 3.8) is 0 Å². The average Bonchev–Trinajstić information content (AvgIpc) is 2.06. The van der Waals surface area contributed by atoms with Crippen LogP contribution in [0.1, 0.15) is 33.1 Å². The number of nitrogens with one attached hydrogen (secondary N) is 1. The molecule has 1 N–H and O–H groups in total. The Morgan fingerprint density at radius 2 is 2.20 bits per heavy atom. The molecule has 0 aromatic rings. The van der Waals surface area contributed by atoms with Crippen molar-refractivity contribution in [1.29, 1.82) is 0 Å². The van der Waals surface area contributed by atoms with Gasteiger partial charge in [-0.1, -0.05) is 13.8 Å². The summed E-state index contributed by atoms with van der Waals surface area (Å²) in [5, 5.41) is 3.59. The minimum absolute atomic E-state index is 0.655. The molecule has 2 fully saturated rings. The standard InChI is InChI=1S/C9H17N/c1-7-3-8-5-9(2,4-7)6-10-8/h7-8,10H,3-6H2,1-2H3. The van der Waals surface area contributed by atoms with Gasteiger partial charge in [0.15, 0.2) is 0 Å². The molecule has 1 saturated heterocycles. The lowest BCUT2D eigenvalue weighted by Crippen LogP contribution is -2.26. The molecule has 58 valence electrons. The van der Waals surface area contributed by atoms with Gasteiger partial charge in [-0.15, -0.1) is 0 Å². The maximum absolute atomic E-state index is 3.59. The van der Waals surface area contributed by atoms with Crippen molar-refractivity contribution in [2.24, 2.45) is 11.3 Å². The SMILES string of the molecule is CC1CC2CC(C)(CN2)C1. The zero-order chi connectivity index (χ0) is 7.19. The van der Waals surface area contributed by atoms with Gasteiger partial charge in [-0.05, 0) is 30.6 Å². The predicted octanol–water partition coefficient (Wildman–Crippen LogP) is 1.78. The quantitative estimate of drug-likeness (QED) is 0.539. The van der Waals surface area contributed by atoms with Gasteiger partial charge in [0.25, 0.3) is 0 Å². The zero-order valence-electron chi connectivity index (χ0n) is 6.98. The summed E-state index contributed by atoms with van der Waals surface area (Å²) < 4.78 is 0. The van der Waals surface area contributed by atoms with E-state index in [1.165, 1.54) is 25.8 Å². The second kappa shape index (κ2) is 1.97. The lowest BCUT2D eigenvalue weighted by Gasteiger charge is -2.31. The van der Waals surface area contributed by atoms with Gasteiger partial charge in [0.1, 0.15) is 0 Å². The van der Waals surface area contributed by atoms with Crippen LogP contribution in [0.15, 0.2) is 0 Å². The summed E-state index contributed by atoms with van der Waals surface area (Å²) >= 11 is 0. The van der Waals surface area contributed by atoms with Crippen molar-refractivity contribution < 1.29 is 0 Å². The molecule has 0 spiro atoms. The molecule has 1 saturated carbocycles. The van der Waals surface area contributed by atoms with E-state index in [0.717, 1.165) is 12.0 Å². The summed E-state index contributed by atoms with van der Waals surface area (Å²) in [7, 11) is 0. The number of rotatable bonds is 0. The Balaban J connectivity index is 2.13. The summed E-state index contributed by atoms with van der Waals surface area (Å²) in [5.41, 5.74) is 0.655. The number of hydrogen-bond donors (Lipinski definition) is 1. The Kier molecular flexibility index (Phi) is 1.31. The smallest absolute Gasteiger partial charge is 0.00754 e. The van der Waals surface area contributed by atoms with Gasteiger partial charge in [-0.3, -0.25) is 0 Å². The lowest BCUT2D eigenvalue weighted by atomic mass is 9.73. The molecule has 0 radical (unpaired) electrons. The van der Waals surface area contributed by atoms with E-state index < -0.39 is 0 Å². The van der Waals surface area contributed by atoms with Crippen molar-refractivity contribution in [3.05, 3.63) is 0 Å². The van der Waals surface area contributed by atoms with Gasteiger partial charge in [0.2, 0.25) is 0 Å². The molecule has 10 heavy (non-hydrogen) atoms. The van der Waals surface area contributed by atoms with Crippen molar-refractivity contribution in [2.45, 2.75) is 39.2 Å². The average molecular weight is 139 g/mol. The van der Waals surface area contributed by atoms with E-state index in [9.17, 15) is 0 Å². The molecule has 0 aromatic heterocycles. The highest BCUT2D eigenvalue weighted by Crippen LogP contribution is 2.42. The third kappa shape index (κ3) is 0.968. The van der Waals surface area contributed by atoms with Crippen molar-refractivity contribution in [3.8, 4) is 0 Å². The minimum atomic E-state index is 0.655. The molecule has 1 nitrogen and oxygen atoms in total. The fourth-order valence-corrected chi connectivity index (χ4v) is 2.86. The number of hydrogen-bond acceptors (Lipinski definition) is 1. The normalized spacial score (nSPS) is 53.4. The van der Waals surface area contributed by atoms with Crippen LogP contribution in [0.2, 0.25) is 0 Å². The molecule has 2 bridgehead atoms. The molecular formula is C9H17N. The second-order valence-electron chi connectivity index (χ2n) is 4.64. The molecule has 2 rings (SSSR count). The van der Waals surface area contributed by atoms with Crippen LogP contribution in [0.25, 0.3) is 0 Å². The third-order valence-corrected chi connectivity index (χ3v) is 3.08. The predicted molar refractivity (Wildman–Crippen MR) is 42.9 cm³/mol. The van der Waals surface area contributed by atoms with E-state index in [-0.39, 0.29) is 0 Å². The maximum atomic E-state index is 3.59. The van der Waals surface area contributed by atoms with Gasteiger partial charge in [-0.2, -0.15) is 0 Å². The Hall–Kier alpha value is -0.0400. The van der Waals surface area contributed by atoms with Crippen LogP contribution in [0.5, 0.6) is 0 Å². The Labute approximate surface area is 63.2 Å². The van der Waals surface area contributed by atoms with Crippen LogP contribution in [-0.2, 0) is 0 Å². The van der Waals surface area contributed by atoms with Crippen LogP contribution in [0.3, 0.4) is 0 Å². The summed E-state index contributed by atoms with van der Waals surface area (Å²) in [6.45, 7) is 6.08. The van der Waals surface area contributed by atoms with E-state index in [1.54, 1.807) is 0 Å². The molecule has 1 aliphatic carbocycles. The third-order valence-electron chi connectivity index (χ3n) is 3.08. The fraction of sp³-hybridized carbons (Fsp3) is 1.00. The lowest BCUT2D eigenvalue weighted by molar-refractivity contribution is 0.218. The Bertz CT molecular complexity index is 144. The molecular weight excluding hydrogens is 122 g/mol. The fourth-order valence-electron chi connectivity index (χ4n) is 2.86. The van der Waals surface area contributed by atoms with Crippen molar-refractivity contribution in [2.75, 3.05) is 6.54 Å². The summed E-state index contributed by atoms with van der Waals surface area (Å²) in [4.78, 5) is 0. The minimum Gasteiger partial charge on any atom is -0.313 e. The van der Waals surface area contributed by atoms with E-state index in [4.69, 9.17) is 0 Å². The molecule has 0 amide bonds. The van der Waals surface area contributed by atoms with Crippen LogP contribution in [0.4, 0.5) is 0 Å². The molecule has 1 heterocycles. The molecule has 1 aliphatic heterocycles. The highest BCUT2D eigenvalue weighted by atomic mass is 15.0. The molecule has 2 aliphatic rings. The van der Waals surface area contributed by atoms with E-state index in [1.807, 2.05) is 0 Å². The first-order chi connectivity index (χ1) is 4.68. The zero-order valence-corrected chi connectivity index (χ0v) is 6.98. The van der Waals surface area contributed by atoms with Gasteiger partial charge in [-0.25, -0.2) is 0 Å². The first-order valence-electron chi connectivity index (χ1n) is 4.41. The second-order valence-corrected chi connectivity index (χ2v) is 4.64. The highest BCUT2D eigenvalue weighted by molar-refractivity contribution is 4.96. The molecule has 3 unspecified atom stereocenters. The molecule has 0 aromatic carbocycles. The van der Waals surface area contributed by atoms with Crippen molar-refractivity contribution >= 4 is 0 Å². The summed E-state index contributed by atoms with van der Waals surface area (Å²) in [6, 6.07) is 0.855.